The third-order valence-electron chi connectivity index (χ3n) is 9.78. The summed E-state index contributed by atoms with van der Waals surface area (Å²) in [7, 11) is 0. The Labute approximate surface area is 268 Å². The summed E-state index contributed by atoms with van der Waals surface area (Å²) in [6, 6.07) is 16.6. The second-order valence-corrected chi connectivity index (χ2v) is 13.2. The molecule has 45 heavy (non-hydrogen) atoms. The van der Waals surface area contributed by atoms with Crippen LogP contribution in [0.5, 0.6) is 0 Å². The lowest BCUT2D eigenvalue weighted by Crippen LogP contribution is -2.34. The summed E-state index contributed by atoms with van der Waals surface area (Å²) in [5.41, 5.74) is 4.78. The minimum absolute atomic E-state index is 0.0750. The van der Waals surface area contributed by atoms with Crippen LogP contribution in [-0.2, 0) is 42.2 Å². The maximum atomic E-state index is 13.7. The molecule has 3 heterocycles. The van der Waals surface area contributed by atoms with Gasteiger partial charge in [-0.2, -0.15) is 0 Å². The van der Waals surface area contributed by atoms with Gasteiger partial charge >= 0.3 is 5.97 Å². The molecule has 1 aliphatic heterocycles. The summed E-state index contributed by atoms with van der Waals surface area (Å²) in [4.78, 5) is 21.0. The summed E-state index contributed by atoms with van der Waals surface area (Å²) in [5, 5.41) is 8.62. The van der Waals surface area contributed by atoms with E-state index < -0.39 is 5.41 Å². The Kier molecular flexibility index (Phi) is 10.9. The first kappa shape index (κ1) is 32.6. The molecule has 1 fully saturated rings. The molecule has 0 amide bonds. The second kappa shape index (κ2) is 15.0. The molecule has 0 radical (unpaired) electrons. The van der Waals surface area contributed by atoms with Crippen molar-refractivity contribution in [3.8, 4) is 0 Å². The average molecular weight is 611 g/mol. The number of esters is 1. The molecule has 1 atom stereocenters. The third kappa shape index (κ3) is 8.28. The molecule has 8 nitrogen and oxygen atoms in total. The van der Waals surface area contributed by atoms with Gasteiger partial charge in [0.05, 0.1) is 17.7 Å². The monoisotopic (exact) mass is 610 g/mol. The third-order valence-corrected chi connectivity index (χ3v) is 9.78. The van der Waals surface area contributed by atoms with Crippen LogP contribution in [0.25, 0.3) is 0 Å². The number of carbonyl (C=O) groups excluding carboxylic acids is 1. The van der Waals surface area contributed by atoms with Crippen molar-refractivity contribution in [3.05, 3.63) is 101 Å². The molecule has 8 heteroatoms. The Morgan fingerprint density at radius 2 is 1.84 bits per heavy atom. The first-order chi connectivity index (χ1) is 21.8. The zero-order valence-corrected chi connectivity index (χ0v) is 27.8. The number of nitrogens with zero attached hydrogens (tertiary/aromatic N) is 6. The molecule has 1 saturated heterocycles. The molecule has 0 saturated carbocycles. The summed E-state index contributed by atoms with van der Waals surface area (Å²) in [5.74, 6) is 1.70. The van der Waals surface area contributed by atoms with Gasteiger partial charge in [0.1, 0.15) is 12.4 Å². The minimum atomic E-state index is -0.757. The van der Waals surface area contributed by atoms with Gasteiger partial charge in [-0.25, -0.2) is 4.98 Å². The number of benzene rings is 2. The molecule has 4 aromatic rings. The summed E-state index contributed by atoms with van der Waals surface area (Å²) in [6.45, 7) is 15.5. The molecule has 2 aromatic heterocycles. The maximum Gasteiger partial charge on any atom is 0.312 e. The molecule has 2 aromatic carbocycles. The van der Waals surface area contributed by atoms with E-state index in [1.54, 1.807) is 0 Å². The molecule has 1 unspecified atom stereocenters. The lowest BCUT2D eigenvalue weighted by Gasteiger charge is -2.33. The standard InChI is InChI=1S/C37H50N6O2/c1-6-29-17-20-41(21-18-29)26-35-38-19-22-42(35)24-32-23-31(14-13-28(32)3)34(16-15-33-25-43(7-2)40-39-33)37(4,5)36(44)45-27-30-11-9-8-10-12-30/h8-14,19,22-23,25,29,34H,6-7,15-18,20-21,24,26-27H2,1-5H3. The fraction of sp³-hybridized carbons (Fsp3) is 0.514. The van der Waals surface area contributed by atoms with E-state index in [4.69, 9.17) is 9.72 Å². The van der Waals surface area contributed by atoms with Gasteiger partial charge in [-0.1, -0.05) is 67.1 Å². The van der Waals surface area contributed by atoms with E-state index in [1.807, 2.05) is 61.3 Å². The number of aryl methyl sites for hydroxylation is 3. The van der Waals surface area contributed by atoms with Crippen LogP contribution in [0.1, 0.15) is 93.1 Å². The van der Waals surface area contributed by atoms with Crippen LogP contribution in [0.4, 0.5) is 0 Å². The van der Waals surface area contributed by atoms with Crippen LogP contribution >= 0.6 is 0 Å². The Morgan fingerprint density at radius 3 is 2.56 bits per heavy atom. The Bertz CT molecular complexity index is 1520. The highest BCUT2D eigenvalue weighted by Crippen LogP contribution is 2.41. The first-order valence-electron chi connectivity index (χ1n) is 16.7. The van der Waals surface area contributed by atoms with E-state index in [9.17, 15) is 4.79 Å². The van der Waals surface area contributed by atoms with Crippen LogP contribution in [-0.4, -0.2) is 48.5 Å². The largest absolute Gasteiger partial charge is 0.460 e. The molecule has 0 N–H and O–H groups in total. The molecule has 0 spiro atoms. The van der Waals surface area contributed by atoms with Crippen LogP contribution < -0.4 is 0 Å². The van der Waals surface area contributed by atoms with Crippen LogP contribution in [0.15, 0.2) is 67.1 Å². The van der Waals surface area contributed by atoms with Gasteiger partial charge in [-0.3, -0.25) is 14.4 Å². The van der Waals surface area contributed by atoms with Gasteiger partial charge in [-0.15, -0.1) is 5.10 Å². The number of ether oxygens (including phenoxy) is 1. The highest BCUT2D eigenvalue weighted by molar-refractivity contribution is 5.77. The lowest BCUT2D eigenvalue weighted by atomic mass is 9.72. The zero-order chi connectivity index (χ0) is 31.8. The van der Waals surface area contributed by atoms with Gasteiger partial charge in [0.25, 0.3) is 0 Å². The maximum absolute atomic E-state index is 13.7. The van der Waals surface area contributed by atoms with Crippen molar-refractivity contribution < 1.29 is 9.53 Å². The number of hydrogen-bond acceptors (Lipinski definition) is 6. The topological polar surface area (TPSA) is 78.1 Å². The van der Waals surface area contributed by atoms with E-state index in [0.717, 1.165) is 74.1 Å². The molecule has 0 bridgehead atoms. The molecule has 0 aliphatic carbocycles. The minimum Gasteiger partial charge on any atom is -0.460 e. The normalized spacial score (nSPS) is 15.3. The van der Waals surface area contributed by atoms with Gasteiger partial charge in [-0.05, 0) is 101 Å². The van der Waals surface area contributed by atoms with Gasteiger partial charge in [0.15, 0.2) is 0 Å². The number of likely N-dealkylation sites (tertiary alicyclic amines) is 1. The van der Waals surface area contributed by atoms with E-state index in [1.165, 1.54) is 30.4 Å². The van der Waals surface area contributed by atoms with Crippen molar-refractivity contribution in [1.82, 2.24) is 29.4 Å². The van der Waals surface area contributed by atoms with Gasteiger partial charge in [0, 0.05) is 31.7 Å². The Balaban J connectivity index is 1.36. The van der Waals surface area contributed by atoms with Crippen LogP contribution in [0, 0.1) is 18.3 Å². The summed E-state index contributed by atoms with van der Waals surface area (Å²) >= 11 is 0. The number of piperidine rings is 1. The number of imidazole rings is 1. The second-order valence-electron chi connectivity index (χ2n) is 13.2. The molecular formula is C37H50N6O2. The number of aromatic nitrogens is 5. The fourth-order valence-corrected chi connectivity index (χ4v) is 6.55. The zero-order valence-electron chi connectivity index (χ0n) is 27.8. The lowest BCUT2D eigenvalue weighted by molar-refractivity contribution is -0.156. The van der Waals surface area contributed by atoms with Crippen molar-refractivity contribution in [2.24, 2.45) is 11.3 Å². The van der Waals surface area contributed by atoms with Gasteiger partial charge < -0.3 is 9.30 Å². The molecule has 240 valence electrons. The fourth-order valence-electron chi connectivity index (χ4n) is 6.55. The van der Waals surface area contributed by atoms with Crippen molar-refractivity contribution in [3.63, 3.8) is 0 Å². The highest BCUT2D eigenvalue weighted by atomic mass is 16.5. The molecule has 5 rings (SSSR count). The van der Waals surface area contributed by atoms with E-state index in [2.05, 4.69) is 64.9 Å². The van der Waals surface area contributed by atoms with Crippen molar-refractivity contribution in [2.45, 2.75) is 98.9 Å². The van der Waals surface area contributed by atoms with Gasteiger partial charge in [0.2, 0.25) is 0 Å². The van der Waals surface area contributed by atoms with E-state index in [0.29, 0.717) is 0 Å². The highest BCUT2D eigenvalue weighted by Gasteiger charge is 2.39. The predicted octanol–water partition coefficient (Wildman–Crippen LogP) is 6.96. The Hall–Kier alpha value is -3.78. The summed E-state index contributed by atoms with van der Waals surface area (Å²) in [6.07, 6.45) is 11.3. The number of carbonyl (C=O) groups is 1. The van der Waals surface area contributed by atoms with E-state index in [-0.39, 0.29) is 18.5 Å². The molecular weight excluding hydrogens is 560 g/mol. The van der Waals surface area contributed by atoms with Crippen molar-refractivity contribution in [1.29, 1.82) is 0 Å². The quantitative estimate of drug-likeness (QED) is 0.144. The predicted molar refractivity (Wildman–Crippen MR) is 178 cm³/mol. The van der Waals surface area contributed by atoms with E-state index >= 15 is 0 Å². The van der Waals surface area contributed by atoms with Crippen molar-refractivity contribution >= 4 is 5.97 Å². The number of hydrogen-bond donors (Lipinski definition) is 0. The van der Waals surface area contributed by atoms with Crippen LogP contribution in [0.3, 0.4) is 0 Å². The SMILES string of the molecule is CCC1CCN(Cc2nccn2Cc2cc(C(CCc3cn(CC)nn3)C(C)(C)C(=O)OCc3ccccc3)ccc2C)CC1. The van der Waals surface area contributed by atoms with Crippen molar-refractivity contribution in [2.75, 3.05) is 13.1 Å². The summed E-state index contributed by atoms with van der Waals surface area (Å²) < 4.78 is 10.1. The Morgan fingerprint density at radius 1 is 1.07 bits per heavy atom. The smallest absolute Gasteiger partial charge is 0.312 e. The van der Waals surface area contributed by atoms with Crippen LogP contribution in [0.2, 0.25) is 0 Å². The molecule has 1 aliphatic rings. The average Bonchev–Trinajstić information content (AvgIpc) is 3.71. The number of rotatable bonds is 14. The first-order valence-corrected chi connectivity index (χ1v) is 16.7.